The number of benzene rings is 1. The fourth-order valence-corrected chi connectivity index (χ4v) is 1.70. The molecule has 0 radical (unpaired) electrons. The van der Waals surface area contributed by atoms with Crippen LogP contribution in [0.1, 0.15) is 28.8 Å². The lowest BCUT2D eigenvalue weighted by Gasteiger charge is -2.12. The largest absolute Gasteiger partial charge is 0.463 e. The normalized spacial score (nSPS) is 13.6. The molecule has 102 valence electrons. The van der Waals surface area contributed by atoms with Crippen molar-refractivity contribution >= 4 is 0 Å². The molecule has 6 heteroatoms. The Labute approximate surface area is 106 Å². The highest BCUT2D eigenvalue weighted by atomic mass is 19.4. The summed E-state index contributed by atoms with van der Waals surface area (Å²) in [7, 11) is 0. The van der Waals surface area contributed by atoms with E-state index in [2.05, 4.69) is 0 Å². The fourth-order valence-electron chi connectivity index (χ4n) is 1.70. The molecule has 1 N–H and O–H groups in total. The number of hydrogen-bond donors (Lipinski definition) is 1. The predicted octanol–water partition coefficient (Wildman–Crippen LogP) is 3.83. The zero-order chi connectivity index (χ0) is 14.2. The van der Waals surface area contributed by atoms with Gasteiger partial charge in [0, 0.05) is 0 Å². The van der Waals surface area contributed by atoms with Crippen LogP contribution in [-0.2, 0) is 6.18 Å². The maximum Gasteiger partial charge on any atom is 0.419 e. The van der Waals surface area contributed by atoms with Crippen molar-refractivity contribution in [2.24, 2.45) is 0 Å². The van der Waals surface area contributed by atoms with E-state index in [1.165, 1.54) is 6.07 Å². The summed E-state index contributed by atoms with van der Waals surface area (Å²) in [5, 5.41) is 9.88. The minimum absolute atomic E-state index is 0.000139. The van der Waals surface area contributed by atoms with Gasteiger partial charge < -0.3 is 9.52 Å². The van der Waals surface area contributed by atoms with E-state index in [-0.39, 0.29) is 11.3 Å². The average molecular weight is 274 g/mol. The second-order valence-corrected chi connectivity index (χ2v) is 4.09. The quantitative estimate of drug-likeness (QED) is 0.844. The van der Waals surface area contributed by atoms with E-state index in [1.807, 2.05) is 0 Å². The molecule has 1 atom stereocenters. The first-order valence-corrected chi connectivity index (χ1v) is 5.40. The summed E-state index contributed by atoms with van der Waals surface area (Å²) < 4.78 is 55.7. The molecule has 2 aromatic rings. The van der Waals surface area contributed by atoms with E-state index in [1.54, 1.807) is 13.0 Å². The Morgan fingerprint density at radius 1 is 1.16 bits per heavy atom. The third kappa shape index (κ3) is 2.78. The highest BCUT2D eigenvalue weighted by molar-refractivity contribution is 5.31. The van der Waals surface area contributed by atoms with Gasteiger partial charge in [0.2, 0.25) is 0 Å². The van der Waals surface area contributed by atoms with Crippen molar-refractivity contribution in [3.05, 3.63) is 58.8 Å². The molecular formula is C13H10F4O2. The maximum atomic E-state index is 13.4. The summed E-state index contributed by atoms with van der Waals surface area (Å²) in [6.45, 7) is 1.66. The minimum Gasteiger partial charge on any atom is -0.463 e. The summed E-state index contributed by atoms with van der Waals surface area (Å²) in [5.41, 5.74) is -1.36. The molecule has 1 aromatic carbocycles. The van der Waals surface area contributed by atoms with Crippen LogP contribution in [0.25, 0.3) is 0 Å². The van der Waals surface area contributed by atoms with Crippen LogP contribution in [-0.4, -0.2) is 5.11 Å². The molecule has 1 heterocycles. The Hall–Kier alpha value is -1.82. The van der Waals surface area contributed by atoms with E-state index in [4.69, 9.17) is 4.42 Å². The second kappa shape index (κ2) is 4.70. The highest BCUT2D eigenvalue weighted by Gasteiger charge is 2.34. The van der Waals surface area contributed by atoms with E-state index in [9.17, 15) is 22.7 Å². The van der Waals surface area contributed by atoms with Gasteiger partial charge in [-0.1, -0.05) is 6.07 Å². The molecule has 0 fully saturated rings. The first kappa shape index (κ1) is 13.6. The van der Waals surface area contributed by atoms with Gasteiger partial charge in [0.15, 0.2) is 0 Å². The molecule has 0 saturated heterocycles. The second-order valence-electron chi connectivity index (χ2n) is 4.09. The van der Waals surface area contributed by atoms with Crippen molar-refractivity contribution in [1.82, 2.24) is 0 Å². The molecule has 0 aliphatic rings. The van der Waals surface area contributed by atoms with Gasteiger partial charge in [-0.25, -0.2) is 4.39 Å². The van der Waals surface area contributed by atoms with Gasteiger partial charge >= 0.3 is 6.18 Å². The molecule has 0 saturated carbocycles. The third-order valence-electron chi connectivity index (χ3n) is 2.64. The Kier molecular flexibility index (Phi) is 3.36. The van der Waals surface area contributed by atoms with Crippen LogP contribution in [0.4, 0.5) is 17.6 Å². The van der Waals surface area contributed by atoms with Crippen molar-refractivity contribution in [3.63, 3.8) is 0 Å². The number of halogens is 4. The summed E-state index contributed by atoms with van der Waals surface area (Å²) in [5.74, 6) is -0.731. The zero-order valence-corrected chi connectivity index (χ0v) is 9.83. The lowest BCUT2D eigenvalue weighted by molar-refractivity contribution is -0.140. The Bertz CT molecular complexity index is 587. The third-order valence-corrected chi connectivity index (χ3v) is 2.64. The number of hydrogen-bond acceptors (Lipinski definition) is 2. The molecule has 0 bridgehead atoms. The lowest BCUT2D eigenvalue weighted by Crippen LogP contribution is -2.09. The molecule has 19 heavy (non-hydrogen) atoms. The number of aliphatic hydroxyl groups is 1. The summed E-state index contributed by atoms with van der Waals surface area (Å²) in [4.78, 5) is 0. The van der Waals surface area contributed by atoms with Crippen molar-refractivity contribution in [3.8, 4) is 0 Å². The SMILES string of the molecule is Cc1ccc(C(O)c2ccc(C(F)(F)F)c(F)c2)o1. The number of rotatable bonds is 2. The van der Waals surface area contributed by atoms with Crippen LogP contribution < -0.4 is 0 Å². The summed E-state index contributed by atoms with van der Waals surface area (Å²) in [6.07, 6.45) is -6.06. The number of aryl methyl sites for hydroxylation is 1. The zero-order valence-electron chi connectivity index (χ0n) is 9.83. The van der Waals surface area contributed by atoms with E-state index >= 15 is 0 Å². The van der Waals surface area contributed by atoms with Gasteiger partial charge in [0.25, 0.3) is 0 Å². The first-order chi connectivity index (χ1) is 8.79. The van der Waals surface area contributed by atoms with Gasteiger partial charge in [0.05, 0.1) is 5.56 Å². The highest BCUT2D eigenvalue weighted by Crippen LogP contribution is 2.33. The van der Waals surface area contributed by atoms with Gasteiger partial charge in [-0.2, -0.15) is 13.2 Å². The van der Waals surface area contributed by atoms with Crippen LogP contribution in [0.2, 0.25) is 0 Å². The molecule has 0 amide bonds. The molecule has 1 unspecified atom stereocenters. The summed E-state index contributed by atoms with van der Waals surface area (Å²) in [6, 6.07) is 5.36. The van der Waals surface area contributed by atoms with Crippen LogP contribution in [0.5, 0.6) is 0 Å². The van der Waals surface area contributed by atoms with Crippen LogP contribution in [0, 0.1) is 12.7 Å². The van der Waals surface area contributed by atoms with Crippen molar-refractivity contribution < 1.29 is 27.1 Å². The molecule has 0 spiro atoms. The molecule has 0 aliphatic carbocycles. The lowest BCUT2D eigenvalue weighted by atomic mass is 10.0. The van der Waals surface area contributed by atoms with Crippen LogP contribution in [0.15, 0.2) is 34.7 Å². The first-order valence-electron chi connectivity index (χ1n) is 5.40. The molecule has 0 aliphatic heterocycles. The van der Waals surface area contributed by atoms with E-state index in [0.717, 1.165) is 6.07 Å². The van der Waals surface area contributed by atoms with Crippen molar-refractivity contribution in [2.75, 3.05) is 0 Å². The monoisotopic (exact) mass is 274 g/mol. The average Bonchev–Trinajstić information content (AvgIpc) is 2.73. The summed E-state index contributed by atoms with van der Waals surface area (Å²) >= 11 is 0. The number of alkyl halides is 3. The van der Waals surface area contributed by atoms with Crippen molar-refractivity contribution in [2.45, 2.75) is 19.2 Å². The molecule has 2 rings (SSSR count). The standard InChI is InChI=1S/C13H10F4O2/c1-7-2-5-11(19-7)12(18)8-3-4-9(10(14)6-8)13(15,16)17/h2-6,12,18H,1H3. The predicted molar refractivity (Wildman–Crippen MR) is 58.9 cm³/mol. The Balaban J connectivity index is 2.35. The van der Waals surface area contributed by atoms with E-state index in [0.29, 0.717) is 17.9 Å². The van der Waals surface area contributed by atoms with Gasteiger partial charge in [-0.15, -0.1) is 0 Å². The number of furan rings is 1. The topological polar surface area (TPSA) is 33.4 Å². The van der Waals surface area contributed by atoms with Crippen LogP contribution in [0.3, 0.4) is 0 Å². The van der Waals surface area contributed by atoms with Crippen molar-refractivity contribution in [1.29, 1.82) is 0 Å². The minimum atomic E-state index is -4.76. The molecular weight excluding hydrogens is 264 g/mol. The fraction of sp³-hybridized carbons (Fsp3) is 0.231. The Morgan fingerprint density at radius 3 is 2.32 bits per heavy atom. The van der Waals surface area contributed by atoms with Gasteiger partial charge in [-0.05, 0) is 36.8 Å². The van der Waals surface area contributed by atoms with Gasteiger partial charge in [-0.3, -0.25) is 0 Å². The van der Waals surface area contributed by atoms with E-state index < -0.39 is 23.7 Å². The number of aliphatic hydroxyl groups excluding tert-OH is 1. The maximum absolute atomic E-state index is 13.4. The molecule has 2 nitrogen and oxygen atoms in total. The van der Waals surface area contributed by atoms with Crippen LogP contribution >= 0.6 is 0 Å². The van der Waals surface area contributed by atoms with Gasteiger partial charge in [0.1, 0.15) is 23.4 Å². The smallest absolute Gasteiger partial charge is 0.419 e. The molecule has 1 aromatic heterocycles. The Morgan fingerprint density at radius 2 is 1.84 bits per heavy atom.